The SMILES string of the molecule is [CH][C]=C(C)C. The van der Waals surface area contributed by atoms with Crippen LogP contribution in [0.1, 0.15) is 13.8 Å². The molecule has 0 N–H and O–H groups in total. The first-order chi connectivity index (χ1) is 2.27. The monoisotopic (exact) mass is 67.1 g/mol. The van der Waals surface area contributed by atoms with Crippen LogP contribution in [0.15, 0.2) is 5.57 Å². The second kappa shape index (κ2) is 2.01. The molecule has 0 amide bonds. The molecule has 3 radical (unpaired) electrons. The molecule has 0 heteroatoms. The van der Waals surface area contributed by atoms with Crippen molar-refractivity contribution in [2.24, 2.45) is 0 Å². The van der Waals surface area contributed by atoms with Crippen LogP contribution in [0.25, 0.3) is 0 Å². The van der Waals surface area contributed by atoms with E-state index in [1.54, 1.807) is 0 Å². The van der Waals surface area contributed by atoms with Gasteiger partial charge in [0.15, 0.2) is 0 Å². The van der Waals surface area contributed by atoms with E-state index in [1.807, 2.05) is 13.8 Å². The molecule has 0 bridgehead atoms. The molecule has 0 heterocycles. The summed E-state index contributed by atoms with van der Waals surface area (Å²) in [6, 6.07) is 0. The van der Waals surface area contributed by atoms with E-state index >= 15 is 0 Å². The van der Waals surface area contributed by atoms with Gasteiger partial charge in [-0.2, -0.15) is 0 Å². The molecule has 0 atom stereocenters. The van der Waals surface area contributed by atoms with Crippen LogP contribution in [-0.2, 0) is 0 Å². The summed E-state index contributed by atoms with van der Waals surface area (Å²) in [5.74, 6) is 0. The van der Waals surface area contributed by atoms with E-state index in [0.717, 1.165) is 5.57 Å². The number of rotatable bonds is 0. The Bertz CT molecular complexity index is 38.0. The van der Waals surface area contributed by atoms with Crippen molar-refractivity contribution in [2.45, 2.75) is 13.8 Å². The van der Waals surface area contributed by atoms with Crippen LogP contribution in [-0.4, -0.2) is 0 Å². The highest BCUT2D eigenvalue weighted by Gasteiger charge is 1.62. The fraction of sp³-hybridized carbons (Fsp3) is 0.400. The Hall–Kier alpha value is -0.260. The molecule has 0 aromatic rings. The van der Waals surface area contributed by atoms with E-state index in [0.29, 0.717) is 0 Å². The standard InChI is InChI=1S/C5H7/c1-4-5(2)3/h1H,2-3H3. The molecular formula is C5H7. The zero-order valence-corrected chi connectivity index (χ0v) is 3.58. The Morgan fingerprint density at radius 2 is 1.80 bits per heavy atom. The molecule has 0 saturated heterocycles. The lowest BCUT2D eigenvalue weighted by molar-refractivity contribution is 1.37. The van der Waals surface area contributed by atoms with Gasteiger partial charge in [0.1, 0.15) is 0 Å². The minimum atomic E-state index is 1.03. The largest absolute Gasteiger partial charge is 0.0726 e. The topological polar surface area (TPSA) is 0 Å². The number of allylic oxidation sites excluding steroid dienone is 2. The quantitative estimate of drug-likeness (QED) is 0.402. The van der Waals surface area contributed by atoms with Gasteiger partial charge >= 0.3 is 0 Å². The minimum Gasteiger partial charge on any atom is -0.0726 e. The van der Waals surface area contributed by atoms with Gasteiger partial charge in [-0.05, 0) is 26.8 Å². The van der Waals surface area contributed by atoms with Gasteiger partial charge in [-0.15, -0.1) is 0 Å². The van der Waals surface area contributed by atoms with Crippen LogP contribution < -0.4 is 0 Å². The molecule has 0 aliphatic rings. The molecule has 0 aliphatic carbocycles. The van der Waals surface area contributed by atoms with Crippen molar-refractivity contribution < 1.29 is 0 Å². The summed E-state index contributed by atoms with van der Waals surface area (Å²) >= 11 is 0. The van der Waals surface area contributed by atoms with Gasteiger partial charge in [0.05, 0.1) is 0 Å². The Balaban J connectivity index is 3.14. The van der Waals surface area contributed by atoms with Gasteiger partial charge in [0.25, 0.3) is 0 Å². The maximum Gasteiger partial charge on any atom is -0.000971 e. The van der Waals surface area contributed by atoms with E-state index in [9.17, 15) is 0 Å². The molecule has 5 heavy (non-hydrogen) atoms. The van der Waals surface area contributed by atoms with Gasteiger partial charge in [-0.1, -0.05) is 5.57 Å². The molecule has 0 aliphatic heterocycles. The normalized spacial score (nSPS) is 7.00. The third-order valence-corrected chi connectivity index (χ3v) is 0.289. The van der Waals surface area contributed by atoms with Crippen molar-refractivity contribution in [1.29, 1.82) is 0 Å². The van der Waals surface area contributed by atoms with Gasteiger partial charge in [0.2, 0.25) is 0 Å². The van der Waals surface area contributed by atoms with Crippen LogP contribution in [0.3, 0.4) is 0 Å². The molecule has 0 saturated carbocycles. The summed E-state index contributed by atoms with van der Waals surface area (Å²) in [7, 11) is 0. The zero-order valence-electron chi connectivity index (χ0n) is 3.58. The minimum absolute atomic E-state index is 1.03. The van der Waals surface area contributed by atoms with Gasteiger partial charge in [-0.3, -0.25) is 0 Å². The summed E-state index contributed by atoms with van der Waals surface area (Å²) in [6.07, 6.45) is 2.44. The van der Waals surface area contributed by atoms with Crippen molar-refractivity contribution in [1.82, 2.24) is 0 Å². The molecule has 0 unspecified atom stereocenters. The maximum atomic E-state index is 4.88. The Morgan fingerprint density at radius 1 is 1.60 bits per heavy atom. The van der Waals surface area contributed by atoms with Crippen molar-refractivity contribution in [3.05, 3.63) is 18.6 Å². The Morgan fingerprint density at radius 3 is 1.80 bits per heavy atom. The van der Waals surface area contributed by atoms with Crippen LogP contribution in [0, 0.1) is 13.0 Å². The van der Waals surface area contributed by atoms with Crippen LogP contribution in [0.4, 0.5) is 0 Å². The Labute approximate surface area is 33.5 Å². The van der Waals surface area contributed by atoms with Crippen molar-refractivity contribution in [2.75, 3.05) is 0 Å². The fourth-order valence-corrected chi connectivity index (χ4v) is 0. The van der Waals surface area contributed by atoms with Gasteiger partial charge in [-0.25, -0.2) is 0 Å². The highest BCUT2D eigenvalue weighted by molar-refractivity contribution is 4.86. The van der Waals surface area contributed by atoms with E-state index < -0.39 is 0 Å². The predicted molar refractivity (Wildman–Crippen MR) is 22.4 cm³/mol. The first-order valence-electron chi connectivity index (χ1n) is 1.54. The molecule has 0 spiro atoms. The molecule has 27 valence electrons. The van der Waals surface area contributed by atoms with Crippen LogP contribution in [0.5, 0.6) is 0 Å². The summed E-state index contributed by atoms with van der Waals surface area (Å²) < 4.78 is 0. The third kappa shape index (κ3) is 3.74. The molecular weight excluding hydrogens is 60.1 g/mol. The highest BCUT2D eigenvalue weighted by atomic mass is 13.7. The zero-order chi connectivity index (χ0) is 4.28. The summed E-state index contributed by atoms with van der Waals surface area (Å²) in [4.78, 5) is 0. The highest BCUT2D eigenvalue weighted by Crippen LogP contribution is 1.80. The number of hydrogen-bond acceptors (Lipinski definition) is 0. The second-order valence-electron chi connectivity index (χ2n) is 1.14. The summed E-state index contributed by atoms with van der Waals surface area (Å²) in [5, 5.41) is 0. The third-order valence-electron chi connectivity index (χ3n) is 0.289. The molecule has 0 aromatic carbocycles. The van der Waals surface area contributed by atoms with Crippen molar-refractivity contribution in [3.63, 3.8) is 0 Å². The second-order valence-corrected chi connectivity index (χ2v) is 1.14. The lowest BCUT2D eigenvalue weighted by Crippen LogP contribution is -1.53. The van der Waals surface area contributed by atoms with Gasteiger partial charge in [0, 0.05) is 0 Å². The van der Waals surface area contributed by atoms with Crippen molar-refractivity contribution >= 4 is 0 Å². The maximum absolute atomic E-state index is 4.88. The molecule has 0 fully saturated rings. The smallest absolute Gasteiger partial charge is 0.000971 e. The number of hydrogen-bond donors (Lipinski definition) is 0. The molecule has 0 aromatic heterocycles. The Kier molecular flexibility index (Phi) is 1.90. The average Bonchev–Trinajstić information content (AvgIpc) is 1.38. The fourth-order valence-electron chi connectivity index (χ4n) is 0. The van der Waals surface area contributed by atoms with E-state index in [4.69, 9.17) is 6.92 Å². The average molecular weight is 67.1 g/mol. The van der Waals surface area contributed by atoms with E-state index in [-0.39, 0.29) is 0 Å². The van der Waals surface area contributed by atoms with E-state index in [2.05, 4.69) is 6.08 Å². The summed E-state index contributed by atoms with van der Waals surface area (Å²) in [5.41, 5.74) is 1.03. The molecule has 0 nitrogen and oxygen atoms in total. The molecule has 0 rings (SSSR count). The van der Waals surface area contributed by atoms with Gasteiger partial charge < -0.3 is 0 Å². The summed E-state index contributed by atoms with van der Waals surface area (Å²) in [6.45, 7) is 8.69. The lowest BCUT2D eigenvalue weighted by Gasteiger charge is -1.72. The predicted octanol–water partition coefficient (Wildman–Crippen LogP) is 1.47. The van der Waals surface area contributed by atoms with Crippen LogP contribution in [0.2, 0.25) is 0 Å². The van der Waals surface area contributed by atoms with Crippen LogP contribution >= 0.6 is 0 Å². The van der Waals surface area contributed by atoms with E-state index in [1.165, 1.54) is 0 Å². The van der Waals surface area contributed by atoms with Crippen molar-refractivity contribution in [3.8, 4) is 0 Å². The lowest BCUT2D eigenvalue weighted by atomic mass is 10.3. The first-order valence-corrected chi connectivity index (χ1v) is 1.54. The first kappa shape index (κ1) is 4.74.